The van der Waals surface area contributed by atoms with E-state index in [9.17, 15) is 9.90 Å². The molecule has 0 aliphatic carbocycles. The van der Waals surface area contributed by atoms with Gasteiger partial charge in [0.15, 0.2) is 6.10 Å². The summed E-state index contributed by atoms with van der Waals surface area (Å²) in [6.45, 7) is 2.83. The number of carbonyl (C=O) groups excluding carboxylic acids is 1. The summed E-state index contributed by atoms with van der Waals surface area (Å²) in [7, 11) is 0. The van der Waals surface area contributed by atoms with Crippen LogP contribution in [0.4, 0.5) is 0 Å². The number of hydrogen-bond donors (Lipinski definition) is 1. The van der Waals surface area contributed by atoms with Crippen molar-refractivity contribution in [3.05, 3.63) is 0 Å². The summed E-state index contributed by atoms with van der Waals surface area (Å²) in [4.78, 5) is 11.9. The third-order valence-electron chi connectivity index (χ3n) is 4.75. The normalized spacial score (nSPS) is 29.7. The molecule has 2 heterocycles. The largest absolute Gasteiger partial charge is 0.457 e. The Morgan fingerprint density at radius 3 is 2.26 bits per heavy atom. The first kappa shape index (κ1) is 18.7. The lowest BCUT2D eigenvalue weighted by Gasteiger charge is -2.16. The zero-order valence-corrected chi connectivity index (χ0v) is 14.4. The van der Waals surface area contributed by atoms with E-state index in [-0.39, 0.29) is 30.9 Å². The summed E-state index contributed by atoms with van der Waals surface area (Å²) >= 11 is 0. The standard InChI is InChI=1S/C18H32O5/c1-2-3-4-5-6-7-8-9-10-11-16(20)23-15-13-22-17-14(19)12-21-18(15)17/h14-15,17-19H,2-13H2,1H3. The van der Waals surface area contributed by atoms with Crippen LogP contribution in [0.2, 0.25) is 0 Å². The molecule has 4 atom stereocenters. The van der Waals surface area contributed by atoms with Crippen molar-refractivity contribution < 1.29 is 24.1 Å². The fraction of sp³-hybridized carbons (Fsp3) is 0.944. The van der Waals surface area contributed by atoms with E-state index in [4.69, 9.17) is 14.2 Å². The average Bonchev–Trinajstić information content (AvgIpc) is 3.10. The van der Waals surface area contributed by atoms with E-state index >= 15 is 0 Å². The smallest absolute Gasteiger partial charge is 0.306 e. The highest BCUT2D eigenvalue weighted by atomic mass is 16.6. The van der Waals surface area contributed by atoms with Gasteiger partial charge in [-0.05, 0) is 6.42 Å². The minimum absolute atomic E-state index is 0.174. The van der Waals surface area contributed by atoms with E-state index in [0.29, 0.717) is 13.0 Å². The molecule has 0 spiro atoms. The van der Waals surface area contributed by atoms with Gasteiger partial charge < -0.3 is 19.3 Å². The van der Waals surface area contributed by atoms with Gasteiger partial charge in [-0.15, -0.1) is 0 Å². The number of fused-ring (bicyclic) bond motifs is 1. The fourth-order valence-electron chi connectivity index (χ4n) is 3.35. The van der Waals surface area contributed by atoms with Crippen molar-refractivity contribution in [3.8, 4) is 0 Å². The summed E-state index contributed by atoms with van der Waals surface area (Å²) in [5.41, 5.74) is 0. The summed E-state index contributed by atoms with van der Waals surface area (Å²) in [6.07, 6.45) is 9.97. The summed E-state index contributed by atoms with van der Waals surface area (Å²) in [5, 5.41) is 9.65. The first-order valence-electron chi connectivity index (χ1n) is 9.33. The van der Waals surface area contributed by atoms with Gasteiger partial charge >= 0.3 is 5.97 Å². The number of ether oxygens (including phenoxy) is 3. The van der Waals surface area contributed by atoms with Crippen LogP contribution in [0.25, 0.3) is 0 Å². The highest BCUT2D eigenvalue weighted by Crippen LogP contribution is 2.29. The van der Waals surface area contributed by atoms with Crippen molar-refractivity contribution in [2.75, 3.05) is 13.2 Å². The molecule has 0 aromatic carbocycles. The molecular weight excluding hydrogens is 296 g/mol. The Balaban J connectivity index is 1.46. The Morgan fingerprint density at radius 2 is 1.57 bits per heavy atom. The van der Waals surface area contributed by atoms with Crippen molar-refractivity contribution in [1.82, 2.24) is 0 Å². The molecule has 2 aliphatic heterocycles. The van der Waals surface area contributed by atoms with Gasteiger partial charge in [-0.1, -0.05) is 58.3 Å². The predicted octanol–water partition coefficient (Wildman–Crippen LogP) is 2.98. The lowest BCUT2D eigenvalue weighted by molar-refractivity contribution is -0.153. The van der Waals surface area contributed by atoms with E-state index in [1.165, 1.54) is 44.9 Å². The Morgan fingerprint density at radius 1 is 0.957 bits per heavy atom. The zero-order chi connectivity index (χ0) is 16.5. The minimum atomic E-state index is -0.596. The number of unbranched alkanes of at least 4 members (excludes halogenated alkanes) is 8. The molecule has 0 bridgehead atoms. The van der Waals surface area contributed by atoms with Crippen LogP contribution in [-0.2, 0) is 19.0 Å². The van der Waals surface area contributed by atoms with Gasteiger partial charge in [0.2, 0.25) is 0 Å². The first-order valence-corrected chi connectivity index (χ1v) is 9.33. The van der Waals surface area contributed by atoms with E-state index in [1.807, 2.05) is 0 Å². The fourth-order valence-corrected chi connectivity index (χ4v) is 3.35. The second-order valence-electron chi connectivity index (χ2n) is 6.77. The van der Waals surface area contributed by atoms with Crippen LogP contribution < -0.4 is 0 Å². The minimum Gasteiger partial charge on any atom is -0.457 e. The maximum Gasteiger partial charge on any atom is 0.306 e. The number of aliphatic hydroxyl groups excluding tert-OH is 1. The molecule has 4 unspecified atom stereocenters. The Bertz CT molecular complexity index is 346. The lowest BCUT2D eigenvalue weighted by Crippen LogP contribution is -2.34. The molecule has 5 nitrogen and oxygen atoms in total. The summed E-state index contributed by atoms with van der Waals surface area (Å²) in [5.74, 6) is -0.174. The molecule has 0 amide bonds. The number of rotatable bonds is 11. The van der Waals surface area contributed by atoms with Crippen molar-refractivity contribution >= 4 is 5.97 Å². The third-order valence-corrected chi connectivity index (χ3v) is 4.75. The van der Waals surface area contributed by atoms with Gasteiger partial charge in [-0.3, -0.25) is 4.79 Å². The van der Waals surface area contributed by atoms with Gasteiger partial charge in [-0.2, -0.15) is 0 Å². The Hall–Kier alpha value is -0.650. The van der Waals surface area contributed by atoms with Gasteiger partial charge in [0.05, 0.1) is 13.2 Å². The number of esters is 1. The van der Waals surface area contributed by atoms with Crippen LogP contribution in [0.1, 0.15) is 71.1 Å². The molecule has 0 aromatic heterocycles. The average molecular weight is 328 g/mol. The van der Waals surface area contributed by atoms with Crippen LogP contribution in [0.5, 0.6) is 0 Å². The molecular formula is C18H32O5. The monoisotopic (exact) mass is 328 g/mol. The first-order chi connectivity index (χ1) is 11.2. The molecule has 2 aliphatic rings. The summed E-state index contributed by atoms with van der Waals surface area (Å²) < 4.78 is 16.3. The molecule has 0 saturated carbocycles. The molecule has 2 fully saturated rings. The summed E-state index contributed by atoms with van der Waals surface area (Å²) in [6, 6.07) is 0. The molecule has 0 radical (unpaired) electrons. The second-order valence-corrected chi connectivity index (χ2v) is 6.77. The van der Waals surface area contributed by atoms with Crippen molar-refractivity contribution in [2.24, 2.45) is 0 Å². The highest BCUT2D eigenvalue weighted by molar-refractivity contribution is 5.69. The van der Waals surface area contributed by atoms with E-state index in [2.05, 4.69) is 6.92 Å². The highest BCUT2D eigenvalue weighted by Gasteiger charge is 2.48. The van der Waals surface area contributed by atoms with Crippen LogP contribution in [-0.4, -0.2) is 48.7 Å². The van der Waals surface area contributed by atoms with Crippen molar-refractivity contribution in [2.45, 2.75) is 95.5 Å². The Labute approximate surface area is 139 Å². The topological polar surface area (TPSA) is 65.0 Å². The lowest BCUT2D eigenvalue weighted by atomic mass is 10.1. The SMILES string of the molecule is CCCCCCCCCCCC(=O)OC1COC2C(O)COC12. The van der Waals surface area contributed by atoms with E-state index < -0.39 is 6.10 Å². The molecule has 2 saturated heterocycles. The number of carbonyl (C=O) groups is 1. The van der Waals surface area contributed by atoms with E-state index in [0.717, 1.165) is 12.8 Å². The van der Waals surface area contributed by atoms with Gasteiger partial charge in [0, 0.05) is 6.42 Å². The van der Waals surface area contributed by atoms with Crippen molar-refractivity contribution in [3.63, 3.8) is 0 Å². The van der Waals surface area contributed by atoms with Crippen LogP contribution in [0.15, 0.2) is 0 Å². The molecule has 0 aromatic rings. The van der Waals surface area contributed by atoms with E-state index in [1.54, 1.807) is 0 Å². The zero-order valence-electron chi connectivity index (χ0n) is 14.4. The molecule has 2 rings (SSSR count). The molecule has 5 heteroatoms. The van der Waals surface area contributed by atoms with Crippen LogP contribution in [0, 0.1) is 0 Å². The molecule has 23 heavy (non-hydrogen) atoms. The third kappa shape index (κ3) is 6.05. The number of hydrogen-bond acceptors (Lipinski definition) is 5. The maximum absolute atomic E-state index is 11.9. The maximum atomic E-state index is 11.9. The molecule has 134 valence electrons. The molecule has 1 N–H and O–H groups in total. The van der Waals surface area contributed by atoms with Gasteiger partial charge in [0.1, 0.15) is 18.3 Å². The van der Waals surface area contributed by atoms with Crippen molar-refractivity contribution in [1.29, 1.82) is 0 Å². The Kier molecular flexibility index (Phi) is 8.34. The van der Waals surface area contributed by atoms with Crippen LogP contribution >= 0.6 is 0 Å². The van der Waals surface area contributed by atoms with Crippen LogP contribution in [0.3, 0.4) is 0 Å². The predicted molar refractivity (Wildman–Crippen MR) is 87.2 cm³/mol. The quantitative estimate of drug-likeness (QED) is 0.466. The van der Waals surface area contributed by atoms with Gasteiger partial charge in [-0.25, -0.2) is 0 Å². The van der Waals surface area contributed by atoms with Gasteiger partial charge in [0.25, 0.3) is 0 Å². The number of aliphatic hydroxyl groups is 1. The second kappa shape index (κ2) is 10.3.